The molecule has 0 bridgehead atoms. The van der Waals surface area contributed by atoms with Crippen molar-refractivity contribution in [3.63, 3.8) is 0 Å². The van der Waals surface area contributed by atoms with Gasteiger partial charge in [-0.1, -0.05) is 25.1 Å². The Kier molecular flexibility index (Phi) is 5.53. The minimum absolute atomic E-state index is 0.131. The molecule has 4 nitrogen and oxygen atoms in total. The summed E-state index contributed by atoms with van der Waals surface area (Å²) in [7, 11) is 4.14. The van der Waals surface area contributed by atoms with E-state index < -0.39 is 0 Å². The predicted molar refractivity (Wildman–Crippen MR) is 85.8 cm³/mol. The third-order valence-corrected chi connectivity index (χ3v) is 3.68. The number of likely N-dealkylation sites (N-methyl/N-ethyl adjacent to an activating group) is 1. The summed E-state index contributed by atoms with van der Waals surface area (Å²) in [5.41, 5.74) is 1.47. The van der Waals surface area contributed by atoms with Crippen LogP contribution < -0.4 is 0 Å². The summed E-state index contributed by atoms with van der Waals surface area (Å²) >= 11 is 0. The van der Waals surface area contributed by atoms with Crippen molar-refractivity contribution in [3.05, 3.63) is 36.1 Å². The molecule has 0 unspecified atom stereocenters. The lowest BCUT2D eigenvalue weighted by molar-refractivity contribution is 0.0932. The zero-order chi connectivity index (χ0) is 15.2. The van der Waals surface area contributed by atoms with E-state index >= 15 is 0 Å². The van der Waals surface area contributed by atoms with Crippen LogP contribution in [0, 0.1) is 0 Å². The molecular weight excluding hydrogens is 264 g/mol. The second-order valence-corrected chi connectivity index (χ2v) is 5.59. The van der Waals surface area contributed by atoms with E-state index in [4.69, 9.17) is 4.42 Å². The van der Waals surface area contributed by atoms with Crippen LogP contribution in [0.2, 0.25) is 0 Å². The first-order valence-electron chi connectivity index (χ1n) is 7.48. The smallest absolute Gasteiger partial charge is 0.180 e. The van der Waals surface area contributed by atoms with Gasteiger partial charge in [-0.05, 0) is 46.2 Å². The highest BCUT2D eigenvalue weighted by Crippen LogP contribution is 2.21. The minimum atomic E-state index is 0.131. The van der Waals surface area contributed by atoms with Gasteiger partial charge < -0.3 is 9.32 Å². The van der Waals surface area contributed by atoms with E-state index in [0.717, 1.165) is 37.0 Å². The Labute approximate surface area is 126 Å². The number of para-hydroxylation sites is 1. The van der Waals surface area contributed by atoms with Crippen LogP contribution in [-0.4, -0.2) is 55.9 Å². The molecule has 0 atom stereocenters. The molecule has 1 aromatic carbocycles. The fourth-order valence-electron chi connectivity index (χ4n) is 2.44. The first kappa shape index (κ1) is 15.7. The number of benzene rings is 1. The number of carbonyl (C=O) groups excluding carboxylic acids is 1. The first-order chi connectivity index (χ1) is 10.1. The lowest BCUT2D eigenvalue weighted by Crippen LogP contribution is -2.32. The third kappa shape index (κ3) is 4.16. The Morgan fingerprint density at radius 3 is 2.67 bits per heavy atom. The largest absolute Gasteiger partial charge is 0.464 e. The summed E-state index contributed by atoms with van der Waals surface area (Å²) in [5.74, 6) is 0.131. The van der Waals surface area contributed by atoms with Crippen LogP contribution in [0.4, 0.5) is 0 Å². The van der Waals surface area contributed by atoms with Crippen molar-refractivity contribution in [1.82, 2.24) is 9.80 Å². The van der Waals surface area contributed by atoms with Crippen LogP contribution in [0.5, 0.6) is 0 Å². The number of Topliss-reactive ketones (excluding diaryl/α,β-unsaturated/α-hetero) is 1. The molecule has 0 radical (unpaired) electrons. The zero-order valence-electron chi connectivity index (χ0n) is 13.1. The van der Waals surface area contributed by atoms with Gasteiger partial charge in [-0.2, -0.15) is 0 Å². The third-order valence-electron chi connectivity index (χ3n) is 3.68. The SMILES string of the molecule is CCN(CCCN(C)C)CC(=O)c1coc2ccccc12. The Bertz CT molecular complexity index is 589. The van der Waals surface area contributed by atoms with E-state index in [0.29, 0.717) is 12.1 Å². The molecule has 2 aromatic rings. The standard InChI is InChI=1S/C17H24N2O2/c1-4-19(11-7-10-18(2)3)12-16(20)15-13-21-17-9-6-5-8-14(15)17/h5-6,8-9,13H,4,7,10-12H2,1-3H3. The molecule has 1 aromatic heterocycles. The summed E-state index contributed by atoms with van der Waals surface area (Å²) in [5, 5.41) is 0.909. The maximum Gasteiger partial charge on any atom is 0.180 e. The number of rotatable bonds is 8. The van der Waals surface area contributed by atoms with Crippen molar-refractivity contribution in [3.8, 4) is 0 Å². The van der Waals surface area contributed by atoms with Crippen LogP contribution in [0.1, 0.15) is 23.7 Å². The summed E-state index contributed by atoms with van der Waals surface area (Å²) in [6, 6.07) is 7.68. The molecule has 2 rings (SSSR count). The van der Waals surface area contributed by atoms with Crippen molar-refractivity contribution in [2.24, 2.45) is 0 Å². The van der Waals surface area contributed by atoms with Crippen LogP contribution in [0.15, 0.2) is 34.9 Å². The van der Waals surface area contributed by atoms with Crippen LogP contribution in [-0.2, 0) is 0 Å². The molecule has 0 fully saturated rings. The van der Waals surface area contributed by atoms with E-state index in [2.05, 4.69) is 30.8 Å². The van der Waals surface area contributed by atoms with E-state index in [9.17, 15) is 4.79 Å². The van der Waals surface area contributed by atoms with Crippen LogP contribution in [0.25, 0.3) is 11.0 Å². The number of furan rings is 1. The number of hydrogen-bond acceptors (Lipinski definition) is 4. The second-order valence-electron chi connectivity index (χ2n) is 5.59. The van der Waals surface area contributed by atoms with E-state index in [1.807, 2.05) is 24.3 Å². The first-order valence-corrected chi connectivity index (χ1v) is 7.48. The van der Waals surface area contributed by atoms with E-state index in [1.54, 1.807) is 6.26 Å². The highest BCUT2D eigenvalue weighted by molar-refractivity contribution is 6.08. The van der Waals surface area contributed by atoms with Gasteiger partial charge in [-0.15, -0.1) is 0 Å². The molecule has 0 aliphatic carbocycles. The van der Waals surface area contributed by atoms with Gasteiger partial charge in [0.2, 0.25) is 0 Å². The highest BCUT2D eigenvalue weighted by atomic mass is 16.3. The predicted octanol–water partition coefficient (Wildman–Crippen LogP) is 2.89. The fourth-order valence-corrected chi connectivity index (χ4v) is 2.44. The number of fused-ring (bicyclic) bond motifs is 1. The Morgan fingerprint density at radius 1 is 1.19 bits per heavy atom. The molecule has 0 aliphatic heterocycles. The molecule has 0 aliphatic rings. The normalized spacial score (nSPS) is 11.7. The average Bonchev–Trinajstić information content (AvgIpc) is 2.89. The molecule has 0 saturated heterocycles. The minimum Gasteiger partial charge on any atom is -0.464 e. The fraction of sp³-hybridized carbons (Fsp3) is 0.471. The monoisotopic (exact) mass is 288 g/mol. The van der Waals surface area contributed by atoms with Gasteiger partial charge in [0.1, 0.15) is 11.8 Å². The Morgan fingerprint density at radius 2 is 1.95 bits per heavy atom. The quantitative estimate of drug-likeness (QED) is 0.700. The summed E-state index contributed by atoms with van der Waals surface area (Å²) in [6.07, 6.45) is 2.65. The van der Waals surface area contributed by atoms with Crippen molar-refractivity contribution >= 4 is 16.8 Å². The number of hydrogen-bond donors (Lipinski definition) is 0. The molecule has 0 spiro atoms. The second kappa shape index (κ2) is 7.38. The molecule has 0 N–H and O–H groups in total. The van der Waals surface area contributed by atoms with Gasteiger partial charge in [0.05, 0.1) is 12.1 Å². The van der Waals surface area contributed by atoms with E-state index in [-0.39, 0.29) is 5.78 Å². The Hall–Kier alpha value is -1.65. The summed E-state index contributed by atoms with van der Waals surface area (Å²) in [4.78, 5) is 16.8. The molecular formula is C17H24N2O2. The van der Waals surface area contributed by atoms with E-state index in [1.165, 1.54) is 0 Å². The summed E-state index contributed by atoms with van der Waals surface area (Å²) < 4.78 is 5.45. The maximum absolute atomic E-state index is 12.5. The zero-order valence-corrected chi connectivity index (χ0v) is 13.1. The number of nitrogens with zero attached hydrogens (tertiary/aromatic N) is 2. The topological polar surface area (TPSA) is 36.7 Å². The van der Waals surface area contributed by atoms with Gasteiger partial charge >= 0.3 is 0 Å². The van der Waals surface area contributed by atoms with Gasteiger partial charge in [-0.3, -0.25) is 9.69 Å². The maximum atomic E-state index is 12.5. The van der Waals surface area contributed by atoms with Gasteiger partial charge in [0.25, 0.3) is 0 Å². The lowest BCUT2D eigenvalue weighted by atomic mass is 10.1. The molecule has 114 valence electrons. The highest BCUT2D eigenvalue weighted by Gasteiger charge is 2.16. The number of ketones is 1. The van der Waals surface area contributed by atoms with Crippen LogP contribution in [0.3, 0.4) is 0 Å². The molecule has 0 saturated carbocycles. The summed E-state index contributed by atoms with van der Waals surface area (Å²) in [6.45, 7) is 5.41. The molecule has 1 heterocycles. The van der Waals surface area contributed by atoms with Gasteiger partial charge in [0, 0.05) is 5.39 Å². The lowest BCUT2D eigenvalue weighted by Gasteiger charge is -2.20. The molecule has 0 amide bonds. The van der Waals surface area contributed by atoms with Crippen LogP contribution >= 0.6 is 0 Å². The van der Waals surface area contributed by atoms with Gasteiger partial charge in [-0.25, -0.2) is 0 Å². The van der Waals surface area contributed by atoms with Crippen molar-refractivity contribution in [2.45, 2.75) is 13.3 Å². The van der Waals surface area contributed by atoms with Crippen molar-refractivity contribution < 1.29 is 9.21 Å². The van der Waals surface area contributed by atoms with Crippen molar-refractivity contribution in [2.75, 3.05) is 40.3 Å². The Balaban J connectivity index is 1.99. The number of carbonyl (C=O) groups is 1. The molecule has 4 heteroatoms. The molecule has 21 heavy (non-hydrogen) atoms. The average molecular weight is 288 g/mol. The van der Waals surface area contributed by atoms with Crippen molar-refractivity contribution in [1.29, 1.82) is 0 Å². The van der Waals surface area contributed by atoms with Gasteiger partial charge in [0.15, 0.2) is 5.78 Å².